The largest absolute Gasteiger partial charge is 0.506 e. The summed E-state index contributed by atoms with van der Waals surface area (Å²) >= 11 is 12.7. The summed E-state index contributed by atoms with van der Waals surface area (Å²) in [4.78, 5) is 27.5. The van der Waals surface area contributed by atoms with Crippen molar-refractivity contribution in [2.75, 3.05) is 17.3 Å². The van der Waals surface area contributed by atoms with Crippen LogP contribution in [0.4, 0.5) is 11.4 Å². The monoisotopic (exact) mass is 578 g/mol. The maximum absolute atomic E-state index is 14.4. The van der Waals surface area contributed by atoms with E-state index in [9.17, 15) is 14.7 Å². The summed E-state index contributed by atoms with van der Waals surface area (Å²) in [5.74, 6) is -0.0695. The van der Waals surface area contributed by atoms with Crippen molar-refractivity contribution < 1.29 is 19.4 Å². The Morgan fingerprint density at radius 2 is 1.75 bits per heavy atom. The number of nitrogens with zero attached hydrogens (tertiary/aromatic N) is 3. The van der Waals surface area contributed by atoms with Gasteiger partial charge in [-0.1, -0.05) is 49.2 Å². The van der Waals surface area contributed by atoms with Crippen molar-refractivity contribution in [2.24, 2.45) is 0 Å². The van der Waals surface area contributed by atoms with Gasteiger partial charge in [-0.15, -0.1) is 0 Å². The van der Waals surface area contributed by atoms with E-state index in [0.717, 1.165) is 11.3 Å². The molecular weight excluding hydrogens is 551 g/mol. The summed E-state index contributed by atoms with van der Waals surface area (Å²) in [5, 5.41) is 19.3. The summed E-state index contributed by atoms with van der Waals surface area (Å²) in [6.45, 7) is 7.88. The molecule has 0 aliphatic carbocycles. The molecule has 1 aromatic heterocycles. The van der Waals surface area contributed by atoms with Crippen LogP contribution < -0.4 is 15.0 Å². The maximum Gasteiger partial charge on any atom is 0.280 e. The van der Waals surface area contributed by atoms with Gasteiger partial charge in [0.2, 0.25) is 6.41 Å². The number of hydrogen-bond donors (Lipinski definition) is 2. The van der Waals surface area contributed by atoms with Crippen LogP contribution in [-0.2, 0) is 10.3 Å². The number of aromatic nitrogens is 2. The molecule has 0 fully saturated rings. The number of anilines is 2. The standard InChI is InChI=1S/C30H28Cl2N4O4/c1-16(2)28-26-27(34-36(28)23-12-17(3)6-11-25(23)40-5)29(39)35(22-14-19(32)8-10-24(22)38)30(26,4)20-9-7-18(31)13-21(20)33-15-37/h6-16,38H,1-5H3,(H,33,37). The Morgan fingerprint density at radius 1 is 1.05 bits per heavy atom. The van der Waals surface area contributed by atoms with E-state index in [0.29, 0.717) is 44.7 Å². The summed E-state index contributed by atoms with van der Waals surface area (Å²) in [5.41, 5.74) is 3.24. The van der Waals surface area contributed by atoms with Crippen molar-refractivity contribution in [3.63, 3.8) is 0 Å². The van der Waals surface area contributed by atoms with Crippen molar-refractivity contribution in [3.8, 4) is 17.2 Å². The van der Waals surface area contributed by atoms with Gasteiger partial charge >= 0.3 is 0 Å². The van der Waals surface area contributed by atoms with Crippen LogP contribution in [0.25, 0.3) is 5.69 Å². The molecule has 0 spiro atoms. The van der Waals surface area contributed by atoms with E-state index in [4.69, 9.17) is 33.0 Å². The predicted octanol–water partition coefficient (Wildman–Crippen LogP) is 6.82. The third-order valence-electron chi connectivity index (χ3n) is 7.27. The molecule has 2 N–H and O–H groups in total. The zero-order valence-electron chi connectivity index (χ0n) is 22.6. The van der Waals surface area contributed by atoms with Crippen LogP contribution in [0.5, 0.6) is 11.5 Å². The summed E-state index contributed by atoms with van der Waals surface area (Å²) in [6.07, 6.45) is 0.557. The number of nitrogens with one attached hydrogen (secondary N) is 1. The minimum Gasteiger partial charge on any atom is -0.506 e. The Morgan fingerprint density at radius 3 is 2.42 bits per heavy atom. The van der Waals surface area contributed by atoms with Gasteiger partial charge in [0.05, 0.1) is 18.5 Å². The molecule has 0 radical (unpaired) electrons. The first-order valence-corrected chi connectivity index (χ1v) is 13.4. The first-order chi connectivity index (χ1) is 19.0. The number of aryl methyl sites for hydroxylation is 1. The number of hydrogen-bond acceptors (Lipinski definition) is 5. The van der Waals surface area contributed by atoms with Crippen molar-refractivity contribution in [2.45, 2.75) is 39.2 Å². The molecule has 5 rings (SSSR count). The Labute approximate surface area is 242 Å². The molecule has 8 nitrogen and oxygen atoms in total. The molecule has 2 amide bonds. The van der Waals surface area contributed by atoms with Crippen LogP contribution in [-0.4, -0.2) is 34.3 Å². The number of carbonyl (C=O) groups excluding carboxylic acids is 2. The smallest absolute Gasteiger partial charge is 0.280 e. The number of rotatable bonds is 7. The number of aromatic hydroxyl groups is 1. The third-order valence-corrected chi connectivity index (χ3v) is 7.74. The minimum atomic E-state index is -1.25. The molecule has 1 aliphatic rings. The first-order valence-electron chi connectivity index (χ1n) is 12.6. The normalized spacial score (nSPS) is 16.4. The molecule has 40 heavy (non-hydrogen) atoms. The molecule has 1 atom stereocenters. The summed E-state index contributed by atoms with van der Waals surface area (Å²) < 4.78 is 7.43. The molecule has 1 aliphatic heterocycles. The number of halogens is 2. The number of ether oxygens (including phenoxy) is 1. The highest BCUT2D eigenvalue weighted by molar-refractivity contribution is 6.31. The van der Waals surface area contributed by atoms with Gasteiger partial charge in [-0.05, 0) is 67.8 Å². The number of carbonyl (C=O) groups is 2. The van der Waals surface area contributed by atoms with E-state index in [1.807, 2.05) is 45.9 Å². The lowest BCUT2D eigenvalue weighted by molar-refractivity contribution is -0.105. The molecular formula is C30H28Cl2N4O4. The van der Waals surface area contributed by atoms with E-state index in [1.54, 1.807) is 36.1 Å². The zero-order chi connectivity index (χ0) is 28.9. The van der Waals surface area contributed by atoms with Crippen LogP contribution in [0.2, 0.25) is 10.0 Å². The third kappa shape index (κ3) is 4.19. The fraction of sp³-hybridized carbons (Fsp3) is 0.233. The number of amides is 2. The molecule has 10 heteroatoms. The number of fused-ring (bicyclic) bond motifs is 1. The van der Waals surface area contributed by atoms with Crippen molar-refractivity contribution in [1.29, 1.82) is 0 Å². The lowest BCUT2D eigenvalue weighted by Gasteiger charge is -2.39. The molecule has 2 heterocycles. The topological polar surface area (TPSA) is 96.7 Å². The van der Waals surface area contributed by atoms with Gasteiger partial charge in [-0.25, -0.2) is 4.68 Å². The maximum atomic E-state index is 14.4. The van der Waals surface area contributed by atoms with E-state index < -0.39 is 11.4 Å². The van der Waals surface area contributed by atoms with Crippen molar-refractivity contribution in [1.82, 2.24) is 9.78 Å². The quantitative estimate of drug-likeness (QED) is 0.234. The molecule has 0 saturated carbocycles. The predicted molar refractivity (Wildman–Crippen MR) is 156 cm³/mol. The SMILES string of the molecule is COc1ccc(C)cc1-n1nc2c(c1C(C)C)C(C)(c1ccc(Cl)cc1NC=O)N(c1cc(Cl)ccc1O)C2=O. The van der Waals surface area contributed by atoms with Crippen LogP contribution in [0.3, 0.4) is 0 Å². The zero-order valence-corrected chi connectivity index (χ0v) is 24.1. The molecule has 206 valence electrons. The second-order valence-electron chi connectivity index (χ2n) is 10.1. The van der Waals surface area contributed by atoms with E-state index in [-0.39, 0.29) is 23.0 Å². The second-order valence-corrected chi connectivity index (χ2v) is 11.0. The van der Waals surface area contributed by atoms with Gasteiger partial charge < -0.3 is 15.2 Å². The summed E-state index contributed by atoms with van der Waals surface area (Å²) in [7, 11) is 1.59. The fourth-order valence-corrected chi connectivity index (χ4v) is 5.91. The highest BCUT2D eigenvalue weighted by atomic mass is 35.5. The number of phenolic OH excluding ortho intramolecular Hbond substituents is 1. The summed E-state index contributed by atoms with van der Waals surface area (Å²) in [6, 6.07) is 15.4. The fourth-order valence-electron chi connectivity index (χ4n) is 5.57. The Balaban J connectivity index is 1.91. The highest BCUT2D eigenvalue weighted by Gasteiger charge is 2.54. The van der Waals surface area contributed by atoms with Gasteiger partial charge in [0.1, 0.15) is 22.7 Å². The molecule has 0 saturated heterocycles. The Kier molecular flexibility index (Phi) is 7.02. The van der Waals surface area contributed by atoms with Crippen molar-refractivity contribution in [3.05, 3.63) is 92.7 Å². The van der Waals surface area contributed by atoms with Gasteiger partial charge in [-0.3, -0.25) is 14.5 Å². The van der Waals surface area contributed by atoms with Gasteiger partial charge in [-0.2, -0.15) is 5.10 Å². The highest BCUT2D eigenvalue weighted by Crippen LogP contribution is 2.53. The van der Waals surface area contributed by atoms with E-state index in [2.05, 4.69) is 5.32 Å². The lowest BCUT2D eigenvalue weighted by Crippen LogP contribution is -2.44. The van der Waals surface area contributed by atoms with Crippen LogP contribution >= 0.6 is 23.2 Å². The van der Waals surface area contributed by atoms with Gasteiger partial charge in [0, 0.05) is 26.9 Å². The Bertz CT molecular complexity index is 1670. The first kappa shape index (κ1) is 27.6. The molecule has 1 unspecified atom stereocenters. The van der Waals surface area contributed by atoms with Gasteiger partial charge in [0.15, 0.2) is 5.69 Å². The van der Waals surface area contributed by atoms with E-state index >= 15 is 0 Å². The average molecular weight is 579 g/mol. The van der Waals surface area contributed by atoms with Gasteiger partial charge in [0.25, 0.3) is 5.91 Å². The van der Waals surface area contributed by atoms with Crippen LogP contribution in [0, 0.1) is 6.92 Å². The van der Waals surface area contributed by atoms with Crippen LogP contribution in [0.15, 0.2) is 54.6 Å². The lowest BCUT2D eigenvalue weighted by atomic mass is 9.81. The number of phenols is 1. The van der Waals surface area contributed by atoms with Crippen LogP contribution in [0.1, 0.15) is 59.6 Å². The second kappa shape index (κ2) is 10.2. The molecule has 3 aromatic carbocycles. The van der Waals surface area contributed by atoms with Crippen molar-refractivity contribution >= 4 is 46.9 Å². The molecule has 0 bridgehead atoms. The average Bonchev–Trinajstić information content (AvgIpc) is 3.41. The number of methoxy groups -OCH3 is 1. The molecule has 4 aromatic rings. The Hall–Kier alpha value is -4.01. The van der Waals surface area contributed by atoms with E-state index in [1.165, 1.54) is 17.0 Å². The minimum absolute atomic E-state index is 0.101. The number of benzene rings is 3.